The van der Waals surface area contributed by atoms with Crippen molar-refractivity contribution < 1.29 is 19.5 Å². The lowest BCUT2D eigenvalue weighted by molar-refractivity contribution is -0.145. The summed E-state index contributed by atoms with van der Waals surface area (Å²) in [5.41, 5.74) is 0.0600. The van der Waals surface area contributed by atoms with E-state index in [9.17, 15) is 19.5 Å². The Morgan fingerprint density at radius 3 is 2.50 bits per heavy atom. The first-order chi connectivity index (χ1) is 12.4. The Morgan fingerprint density at radius 2 is 1.88 bits per heavy atom. The molecule has 0 aromatic heterocycles. The summed E-state index contributed by atoms with van der Waals surface area (Å²) < 4.78 is 0. The molecule has 2 amide bonds. The lowest BCUT2D eigenvalue weighted by Gasteiger charge is -2.24. The monoisotopic (exact) mass is 352 g/mol. The van der Waals surface area contributed by atoms with Crippen molar-refractivity contribution in [2.75, 3.05) is 19.0 Å². The van der Waals surface area contributed by atoms with Crippen LogP contribution < -0.4 is 4.90 Å². The molecule has 0 radical (unpaired) electrons. The maximum atomic E-state index is 13.1. The standard InChI is InChI=1S/C20H20N2O4/c1-21(2)18(24)11-20(26)16-10-15(13-23)8-9-17(16)22(19(20)25)12-14-6-4-3-5-7-14/h3-10,13,26H,11-12H2,1-2H3. The van der Waals surface area contributed by atoms with E-state index >= 15 is 0 Å². The third-order valence-corrected chi connectivity index (χ3v) is 4.58. The number of aldehydes is 1. The summed E-state index contributed by atoms with van der Waals surface area (Å²) in [6.07, 6.45) is 0.276. The summed E-state index contributed by atoms with van der Waals surface area (Å²) in [4.78, 5) is 39.2. The second-order valence-electron chi connectivity index (χ2n) is 6.60. The maximum Gasteiger partial charge on any atom is 0.264 e. The summed E-state index contributed by atoms with van der Waals surface area (Å²) in [5, 5.41) is 11.1. The van der Waals surface area contributed by atoms with Gasteiger partial charge in [-0.25, -0.2) is 0 Å². The Morgan fingerprint density at radius 1 is 1.19 bits per heavy atom. The fourth-order valence-electron chi connectivity index (χ4n) is 3.11. The first kappa shape index (κ1) is 17.8. The van der Waals surface area contributed by atoms with Gasteiger partial charge in [0, 0.05) is 25.2 Å². The first-order valence-electron chi connectivity index (χ1n) is 8.25. The minimum atomic E-state index is -1.98. The molecule has 0 aliphatic carbocycles. The number of fused-ring (bicyclic) bond motifs is 1. The van der Waals surface area contributed by atoms with Crippen molar-refractivity contribution in [3.63, 3.8) is 0 Å². The Bertz CT molecular complexity index is 863. The maximum absolute atomic E-state index is 13.1. The molecule has 3 rings (SSSR count). The molecule has 1 heterocycles. The van der Waals surface area contributed by atoms with E-state index in [1.165, 1.54) is 15.9 Å². The van der Waals surface area contributed by atoms with Gasteiger partial charge < -0.3 is 14.9 Å². The molecule has 0 fully saturated rings. The Kier molecular flexibility index (Phi) is 4.61. The third-order valence-electron chi connectivity index (χ3n) is 4.58. The second-order valence-corrected chi connectivity index (χ2v) is 6.60. The molecule has 2 aromatic carbocycles. The van der Waals surface area contributed by atoms with Crippen molar-refractivity contribution in [1.29, 1.82) is 0 Å². The van der Waals surface area contributed by atoms with E-state index in [0.717, 1.165) is 5.56 Å². The second kappa shape index (κ2) is 6.72. The molecule has 1 aliphatic rings. The van der Waals surface area contributed by atoms with Crippen LogP contribution in [0.4, 0.5) is 5.69 Å². The molecule has 2 aromatic rings. The van der Waals surface area contributed by atoms with Crippen molar-refractivity contribution in [2.45, 2.75) is 18.6 Å². The number of aliphatic hydroxyl groups is 1. The Labute approximate surface area is 151 Å². The van der Waals surface area contributed by atoms with E-state index in [4.69, 9.17) is 0 Å². The SMILES string of the molecule is CN(C)C(=O)CC1(O)C(=O)N(Cc2ccccc2)c2ccc(C=O)cc21. The van der Waals surface area contributed by atoms with Crippen molar-refractivity contribution >= 4 is 23.8 Å². The van der Waals surface area contributed by atoms with Gasteiger partial charge >= 0.3 is 0 Å². The molecule has 26 heavy (non-hydrogen) atoms. The lowest BCUT2D eigenvalue weighted by Crippen LogP contribution is -2.43. The average Bonchev–Trinajstić information content (AvgIpc) is 2.84. The Balaban J connectivity index is 2.06. The van der Waals surface area contributed by atoms with Gasteiger partial charge in [-0.2, -0.15) is 0 Å². The number of carbonyl (C=O) groups excluding carboxylic acids is 3. The Hall–Kier alpha value is -2.99. The highest BCUT2D eigenvalue weighted by Gasteiger charge is 2.51. The smallest absolute Gasteiger partial charge is 0.264 e. The number of hydrogen-bond donors (Lipinski definition) is 1. The number of benzene rings is 2. The van der Waals surface area contributed by atoms with Crippen LogP contribution >= 0.6 is 0 Å². The van der Waals surface area contributed by atoms with Crippen LogP contribution in [0.2, 0.25) is 0 Å². The molecule has 1 aliphatic heterocycles. The molecule has 1 N–H and O–H groups in total. The van der Waals surface area contributed by atoms with Gasteiger partial charge in [0.2, 0.25) is 5.91 Å². The van der Waals surface area contributed by atoms with Gasteiger partial charge in [-0.05, 0) is 23.8 Å². The summed E-state index contributed by atoms with van der Waals surface area (Å²) >= 11 is 0. The normalized spacial score (nSPS) is 18.6. The predicted octanol–water partition coefficient (Wildman–Crippen LogP) is 1.71. The molecule has 0 bridgehead atoms. The summed E-state index contributed by atoms with van der Waals surface area (Å²) in [6.45, 7) is 0.269. The zero-order chi connectivity index (χ0) is 18.9. The van der Waals surface area contributed by atoms with E-state index in [0.29, 0.717) is 23.1 Å². The number of nitrogens with zero attached hydrogens (tertiary/aromatic N) is 2. The zero-order valence-corrected chi connectivity index (χ0v) is 14.7. The van der Waals surface area contributed by atoms with Crippen LogP contribution in [0.5, 0.6) is 0 Å². The van der Waals surface area contributed by atoms with Gasteiger partial charge in [-0.1, -0.05) is 30.3 Å². The minimum Gasteiger partial charge on any atom is -0.375 e. The molecular formula is C20H20N2O4. The minimum absolute atomic E-state index is 0.269. The van der Waals surface area contributed by atoms with E-state index in [-0.39, 0.29) is 18.9 Å². The largest absolute Gasteiger partial charge is 0.375 e. The molecule has 6 heteroatoms. The van der Waals surface area contributed by atoms with Gasteiger partial charge in [0.25, 0.3) is 5.91 Å². The number of amides is 2. The molecular weight excluding hydrogens is 332 g/mol. The summed E-state index contributed by atoms with van der Waals surface area (Å²) in [5.74, 6) is -0.931. The molecule has 0 saturated carbocycles. The summed E-state index contributed by atoms with van der Waals surface area (Å²) in [6, 6.07) is 14.1. The van der Waals surface area contributed by atoms with Gasteiger partial charge in [0.15, 0.2) is 5.60 Å². The topological polar surface area (TPSA) is 77.9 Å². The van der Waals surface area contributed by atoms with Crippen LogP contribution in [0.15, 0.2) is 48.5 Å². The van der Waals surface area contributed by atoms with Crippen molar-refractivity contribution in [2.24, 2.45) is 0 Å². The van der Waals surface area contributed by atoms with E-state index < -0.39 is 11.5 Å². The fraction of sp³-hybridized carbons (Fsp3) is 0.250. The van der Waals surface area contributed by atoms with Gasteiger partial charge in [-0.3, -0.25) is 14.4 Å². The quantitative estimate of drug-likeness (QED) is 0.831. The van der Waals surface area contributed by atoms with Crippen LogP contribution in [-0.4, -0.2) is 42.2 Å². The van der Waals surface area contributed by atoms with Crippen LogP contribution in [-0.2, 0) is 21.7 Å². The van der Waals surface area contributed by atoms with Crippen molar-refractivity contribution in [3.8, 4) is 0 Å². The number of carbonyl (C=O) groups is 3. The van der Waals surface area contributed by atoms with Crippen molar-refractivity contribution in [1.82, 2.24) is 4.90 Å². The van der Waals surface area contributed by atoms with Gasteiger partial charge in [0.05, 0.1) is 18.7 Å². The summed E-state index contributed by atoms with van der Waals surface area (Å²) in [7, 11) is 3.13. The van der Waals surface area contributed by atoms with E-state index in [2.05, 4.69) is 0 Å². The molecule has 134 valence electrons. The number of hydrogen-bond acceptors (Lipinski definition) is 4. The van der Waals surface area contributed by atoms with Crippen LogP contribution in [0.3, 0.4) is 0 Å². The molecule has 0 spiro atoms. The fourth-order valence-corrected chi connectivity index (χ4v) is 3.11. The predicted molar refractivity (Wildman–Crippen MR) is 96.7 cm³/mol. The van der Waals surface area contributed by atoms with Crippen LogP contribution in [0.1, 0.15) is 27.9 Å². The third kappa shape index (κ3) is 2.99. The lowest BCUT2D eigenvalue weighted by atomic mass is 9.90. The van der Waals surface area contributed by atoms with E-state index in [1.54, 1.807) is 26.2 Å². The number of anilines is 1. The highest BCUT2D eigenvalue weighted by Crippen LogP contribution is 2.43. The zero-order valence-electron chi connectivity index (χ0n) is 14.7. The van der Waals surface area contributed by atoms with Crippen LogP contribution in [0, 0.1) is 0 Å². The number of rotatable bonds is 5. The highest BCUT2D eigenvalue weighted by atomic mass is 16.3. The van der Waals surface area contributed by atoms with Gasteiger partial charge in [-0.15, -0.1) is 0 Å². The molecule has 1 unspecified atom stereocenters. The van der Waals surface area contributed by atoms with E-state index in [1.807, 2.05) is 30.3 Å². The highest BCUT2D eigenvalue weighted by molar-refractivity contribution is 6.09. The average molecular weight is 352 g/mol. The van der Waals surface area contributed by atoms with Crippen LogP contribution in [0.25, 0.3) is 0 Å². The van der Waals surface area contributed by atoms with Gasteiger partial charge in [0.1, 0.15) is 6.29 Å². The molecule has 6 nitrogen and oxygen atoms in total. The van der Waals surface area contributed by atoms with Crippen molar-refractivity contribution in [3.05, 3.63) is 65.2 Å². The first-order valence-corrected chi connectivity index (χ1v) is 8.25. The molecule has 1 atom stereocenters. The molecule has 0 saturated heterocycles.